The molecule has 0 aliphatic carbocycles. The molecule has 0 aliphatic heterocycles. The van der Waals surface area contributed by atoms with E-state index in [1.807, 2.05) is 0 Å². The van der Waals surface area contributed by atoms with Crippen molar-refractivity contribution in [2.45, 2.75) is 426 Å². The zero-order valence-electron chi connectivity index (χ0n) is 66.6. The molecule has 0 aromatic heterocycles. The van der Waals surface area contributed by atoms with E-state index in [4.69, 9.17) is 37.0 Å². The third-order valence-electron chi connectivity index (χ3n) is 19.5. The summed E-state index contributed by atoms with van der Waals surface area (Å²) < 4.78 is 68.7. The highest BCUT2D eigenvalue weighted by molar-refractivity contribution is 7.47. The van der Waals surface area contributed by atoms with Crippen LogP contribution >= 0.6 is 15.6 Å². The van der Waals surface area contributed by atoms with Crippen molar-refractivity contribution in [1.29, 1.82) is 0 Å². The molecule has 0 amide bonds. The standard InChI is InChI=1S/C83H158O17P2/c1-8-11-12-13-14-15-16-17-20-28-33-38-43-52-59-67-83(88)100-79(71-94-81(86)65-58-51-46-45-49-56-63-76(7)10-3)73-98-102(91,92)96-69-77(84)68-95-101(89,90)97-72-78(70-93-80(85)64-57-50-42-37-32-27-24-23-26-31-36-41-48-55-62-75(6)9-2)99-82(87)66-60-53-44-39-34-29-22-19-18-21-25-30-35-40-47-54-61-74(4)5/h15-17,20,74-79,84H,8-14,18-19,21-73H2,1-7H3,(H,89,90)(H,91,92)/b16-15-,20-17-/t75?,76?,77-,78-,79-/m1/s1. The fraction of sp³-hybridized carbons (Fsp3) is 0.904. The molecule has 0 fully saturated rings. The predicted molar refractivity (Wildman–Crippen MR) is 418 cm³/mol. The molecular formula is C83H158O17P2. The van der Waals surface area contributed by atoms with Crippen LogP contribution in [0.4, 0.5) is 0 Å². The van der Waals surface area contributed by atoms with Crippen molar-refractivity contribution in [3.63, 3.8) is 0 Å². The first-order valence-corrected chi connectivity index (χ1v) is 45.2. The smallest absolute Gasteiger partial charge is 0.462 e. The van der Waals surface area contributed by atoms with E-state index in [2.05, 4.69) is 72.8 Å². The average molecular weight is 1490 g/mol. The number of allylic oxidation sites excluding steroid dienone is 4. The van der Waals surface area contributed by atoms with Gasteiger partial charge in [0.2, 0.25) is 0 Å². The topological polar surface area (TPSA) is 237 Å². The molecule has 0 aromatic rings. The number of aliphatic hydroxyl groups excluding tert-OH is 1. The Labute approximate surface area is 624 Å². The monoisotopic (exact) mass is 1490 g/mol. The van der Waals surface area contributed by atoms with Crippen molar-refractivity contribution in [3.05, 3.63) is 24.3 Å². The Balaban J connectivity index is 5.28. The minimum absolute atomic E-state index is 0.0841. The fourth-order valence-corrected chi connectivity index (χ4v) is 13.8. The number of phosphoric ester groups is 2. The molecule has 4 unspecified atom stereocenters. The Morgan fingerprint density at radius 3 is 0.873 bits per heavy atom. The Bertz CT molecular complexity index is 2070. The van der Waals surface area contributed by atoms with E-state index < -0.39 is 97.5 Å². The highest BCUT2D eigenvalue weighted by atomic mass is 31.2. The lowest BCUT2D eigenvalue weighted by molar-refractivity contribution is -0.161. The first-order valence-electron chi connectivity index (χ1n) is 42.2. The Hall–Kier alpha value is -2.46. The molecule has 17 nitrogen and oxygen atoms in total. The highest BCUT2D eigenvalue weighted by Crippen LogP contribution is 2.45. The van der Waals surface area contributed by atoms with Gasteiger partial charge in [-0.2, -0.15) is 0 Å². The zero-order valence-corrected chi connectivity index (χ0v) is 68.4. The molecule has 3 N–H and O–H groups in total. The van der Waals surface area contributed by atoms with Crippen LogP contribution in [0.5, 0.6) is 0 Å². The number of hydrogen-bond acceptors (Lipinski definition) is 15. The second-order valence-electron chi connectivity index (χ2n) is 30.1. The second kappa shape index (κ2) is 72.7. The molecule has 0 radical (unpaired) electrons. The lowest BCUT2D eigenvalue weighted by Gasteiger charge is -2.21. The van der Waals surface area contributed by atoms with Gasteiger partial charge in [0.05, 0.1) is 26.4 Å². The number of carbonyl (C=O) groups excluding carboxylic acids is 4. The van der Waals surface area contributed by atoms with Gasteiger partial charge in [-0.05, 0) is 69.1 Å². The highest BCUT2D eigenvalue weighted by Gasteiger charge is 2.30. The van der Waals surface area contributed by atoms with E-state index in [-0.39, 0.29) is 25.7 Å². The third-order valence-corrected chi connectivity index (χ3v) is 21.4. The average Bonchev–Trinajstić information content (AvgIpc) is 0.922. The predicted octanol–water partition coefficient (Wildman–Crippen LogP) is 24.5. The maximum Gasteiger partial charge on any atom is 0.472 e. The number of hydrogen-bond donors (Lipinski definition) is 3. The first-order chi connectivity index (χ1) is 49.3. The summed E-state index contributed by atoms with van der Waals surface area (Å²) in [5.41, 5.74) is 0. The molecule has 0 aromatic carbocycles. The number of esters is 4. The van der Waals surface area contributed by atoms with Crippen LogP contribution in [0.3, 0.4) is 0 Å². The number of rotatable bonds is 79. The first kappa shape index (κ1) is 99.5. The summed E-state index contributed by atoms with van der Waals surface area (Å²) in [6.45, 7) is 11.9. The normalized spacial score (nSPS) is 14.6. The number of aliphatic hydroxyl groups is 1. The molecule has 0 rings (SSSR count). The molecule has 7 atom stereocenters. The SMILES string of the molecule is CCCCCC/C=C\C=C/CCCCCCCC(=O)O[C@H](COC(=O)CCCCCCCCC(C)CC)COP(=O)(O)OC[C@H](O)COP(=O)(O)OC[C@@H](COC(=O)CCCCCCCCCCCCCCCCC(C)CC)OC(=O)CCCCCCCCCCCCCCCCCCC(C)C. The summed E-state index contributed by atoms with van der Waals surface area (Å²) >= 11 is 0. The summed E-state index contributed by atoms with van der Waals surface area (Å²) in [6, 6.07) is 0. The van der Waals surface area contributed by atoms with Crippen LogP contribution in [0.2, 0.25) is 0 Å². The van der Waals surface area contributed by atoms with Gasteiger partial charge in [0.1, 0.15) is 19.3 Å². The summed E-state index contributed by atoms with van der Waals surface area (Å²) in [5.74, 6) is 0.244. The van der Waals surface area contributed by atoms with Gasteiger partial charge in [0.25, 0.3) is 0 Å². The molecule has 0 aliphatic rings. The maximum absolute atomic E-state index is 13.1. The largest absolute Gasteiger partial charge is 0.472 e. The van der Waals surface area contributed by atoms with Crippen molar-refractivity contribution < 1.29 is 80.2 Å². The van der Waals surface area contributed by atoms with Gasteiger partial charge in [-0.25, -0.2) is 9.13 Å². The summed E-state index contributed by atoms with van der Waals surface area (Å²) in [6.07, 6.45) is 64.6. The summed E-state index contributed by atoms with van der Waals surface area (Å²) in [5, 5.41) is 10.6. The summed E-state index contributed by atoms with van der Waals surface area (Å²) in [4.78, 5) is 73.1. The fourth-order valence-electron chi connectivity index (χ4n) is 12.2. The lowest BCUT2D eigenvalue weighted by atomic mass is 9.99. The molecule has 0 heterocycles. The molecule has 102 heavy (non-hydrogen) atoms. The van der Waals surface area contributed by atoms with Gasteiger partial charge in [-0.3, -0.25) is 37.3 Å². The van der Waals surface area contributed by atoms with E-state index in [1.165, 1.54) is 199 Å². The minimum atomic E-state index is -4.97. The number of carbonyl (C=O) groups is 4. The van der Waals surface area contributed by atoms with Crippen LogP contribution in [-0.2, 0) is 65.4 Å². The third kappa shape index (κ3) is 73.1. The van der Waals surface area contributed by atoms with E-state index in [1.54, 1.807) is 0 Å². The quantitative estimate of drug-likeness (QED) is 0.0169. The number of phosphoric acid groups is 2. The molecule has 0 saturated heterocycles. The molecule has 602 valence electrons. The number of ether oxygens (including phenoxy) is 4. The second-order valence-corrected chi connectivity index (χ2v) is 33.0. The van der Waals surface area contributed by atoms with E-state index in [9.17, 15) is 43.2 Å². The van der Waals surface area contributed by atoms with Crippen LogP contribution in [0.25, 0.3) is 0 Å². The summed E-state index contributed by atoms with van der Waals surface area (Å²) in [7, 11) is -9.94. The zero-order chi connectivity index (χ0) is 75.1. The van der Waals surface area contributed by atoms with E-state index in [0.717, 1.165) is 127 Å². The molecule has 0 spiro atoms. The van der Waals surface area contributed by atoms with E-state index >= 15 is 0 Å². The van der Waals surface area contributed by atoms with Crippen LogP contribution in [0.1, 0.15) is 408 Å². The Morgan fingerprint density at radius 2 is 0.578 bits per heavy atom. The van der Waals surface area contributed by atoms with Crippen molar-refractivity contribution in [1.82, 2.24) is 0 Å². The molecular weight excluding hydrogens is 1330 g/mol. The van der Waals surface area contributed by atoms with Crippen LogP contribution in [0.15, 0.2) is 24.3 Å². The van der Waals surface area contributed by atoms with Gasteiger partial charge in [0, 0.05) is 25.7 Å². The van der Waals surface area contributed by atoms with Crippen LogP contribution in [0, 0.1) is 17.8 Å². The van der Waals surface area contributed by atoms with E-state index in [0.29, 0.717) is 25.7 Å². The maximum atomic E-state index is 13.1. The van der Waals surface area contributed by atoms with Gasteiger partial charge >= 0.3 is 39.5 Å². The van der Waals surface area contributed by atoms with Gasteiger partial charge in [-0.1, -0.05) is 355 Å². The molecule has 0 saturated carbocycles. The van der Waals surface area contributed by atoms with Crippen molar-refractivity contribution in [2.24, 2.45) is 17.8 Å². The van der Waals surface area contributed by atoms with Crippen LogP contribution < -0.4 is 0 Å². The van der Waals surface area contributed by atoms with Gasteiger partial charge < -0.3 is 33.8 Å². The van der Waals surface area contributed by atoms with Crippen LogP contribution in [-0.4, -0.2) is 96.7 Å². The Kier molecular flexibility index (Phi) is 71.0. The molecule has 19 heteroatoms. The van der Waals surface area contributed by atoms with Gasteiger partial charge in [-0.15, -0.1) is 0 Å². The van der Waals surface area contributed by atoms with Crippen molar-refractivity contribution >= 4 is 39.5 Å². The van der Waals surface area contributed by atoms with Gasteiger partial charge in [0.15, 0.2) is 12.2 Å². The lowest BCUT2D eigenvalue weighted by Crippen LogP contribution is -2.30. The van der Waals surface area contributed by atoms with Crippen molar-refractivity contribution in [2.75, 3.05) is 39.6 Å². The molecule has 0 bridgehead atoms. The number of unbranched alkanes of at least 4 members (excludes halogenated alkanes) is 42. The van der Waals surface area contributed by atoms with Crippen molar-refractivity contribution in [3.8, 4) is 0 Å². The Morgan fingerprint density at radius 1 is 0.324 bits per heavy atom. The minimum Gasteiger partial charge on any atom is -0.462 e.